The third-order valence-corrected chi connectivity index (χ3v) is 2.39. The molecular weight excluding hydrogens is 184 g/mol. The van der Waals surface area contributed by atoms with Crippen molar-refractivity contribution in [1.29, 1.82) is 0 Å². The Bertz CT molecular complexity index is 277. The number of nitrogens with one attached hydrogen (secondary N) is 1. The van der Waals surface area contributed by atoms with Gasteiger partial charge in [0.05, 0.1) is 0 Å². The summed E-state index contributed by atoms with van der Waals surface area (Å²) >= 11 is 0. The minimum atomic E-state index is 0.242. The average molecular weight is 206 g/mol. The van der Waals surface area contributed by atoms with E-state index in [0.29, 0.717) is 5.92 Å². The van der Waals surface area contributed by atoms with Crippen LogP contribution in [0.15, 0.2) is 24.3 Å². The van der Waals surface area contributed by atoms with Gasteiger partial charge in [0.25, 0.3) is 0 Å². The van der Waals surface area contributed by atoms with Crippen LogP contribution in [-0.2, 0) is 0 Å². The number of hydrogen-bond acceptors (Lipinski definition) is 2. The first-order valence-corrected chi connectivity index (χ1v) is 5.64. The molecule has 0 heterocycles. The highest BCUT2D eigenvalue weighted by molar-refractivity contribution is 5.44. The molecule has 3 N–H and O–H groups in total. The van der Waals surface area contributed by atoms with Gasteiger partial charge in [-0.2, -0.15) is 0 Å². The van der Waals surface area contributed by atoms with Crippen LogP contribution in [0.4, 0.5) is 5.69 Å². The van der Waals surface area contributed by atoms with Gasteiger partial charge in [0.2, 0.25) is 0 Å². The topological polar surface area (TPSA) is 38.0 Å². The summed E-state index contributed by atoms with van der Waals surface area (Å²) < 4.78 is 0. The standard InChI is InChI=1S/C13H22N2/c1-10(2)8-12(14)9-15-13-6-4-11(3)5-7-13/h4-7,10,12,15H,8-9,14H2,1-3H3/t12-/m0/s1. The molecule has 1 atom stereocenters. The first kappa shape index (κ1) is 12.1. The van der Waals surface area contributed by atoms with Crippen molar-refractivity contribution in [1.82, 2.24) is 0 Å². The Morgan fingerprint density at radius 1 is 1.20 bits per heavy atom. The Morgan fingerprint density at radius 2 is 1.80 bits per heavy atom. The predicted octanol–water partition coefficient (Wildman–Crippen LogP) is 2.78. The fraction of sp³-hybridized carbons (Fsp3) is 0.538. The molecule has 0 bridgehead atoms. The number of anilines is 1. The van der Waals surface area contributed by atoms with Gasteiger partial charge >= 0.3 is 0 Å². The molecule has 0 amide bonds. The van der Waals surface area contributed by atoms with Crippen LogP contribution in [-0.4, -0.2) is 12.6 Å². The van der Waals surface area contributed by atoms with Gasteiger partial charge in [-0.25, -0.2) is 0 Å². The van der Waals surface area contributed by atoms with E-state index in [1.54, 1.807) is 0 Å². The number of rotatable bonds is 5. The van der Waals surface area contributed by atoms with Crippen molar-refractivity contribution in [3.63, 3.8) is 0 Å². The average Bonchev–Trinajstić information content (AvgIpc) is 2.16. The molecule has 1 aromatic rings. The van der Waals surface area contributed by atoms with Gasteiger partial charge in [-0.1, -0.05) is 31.5 Å². The van der Waals surface area contributed by atoms with E-state index in [-0.39, 0.29) is 6.04 Å². The summed E-state index contributed by atoms with van der Waals surface area (Å²) in [5.74, 6) is 0.666. The Balaban J connectivity index is 2.33. The van der Waals surface area contributed by atoms with E-state index in [1.165, 1.54) is 5.56 Å². The lowest BCUT2D eigenvalue weighted by atomic mass is 10.0. The Kier molecular flexibility index (Phi) is 4.63. The van der Waals surface area contributed by atoms with Crippen molar-refractivity contribution in [2.24, 2.45) is 11.7 Å². The van der Waals surface area contributed by atoms with Crippen LogP contribution in [0.1, 0.15) is 25.8 Å². The molecule has 0 radical (unpaired) electrons. The van der Waals surface area contributed by atoms with Gasteiger partial charge in [-0.3, -0.25) is 0 Å². The van der Waals surface area contributed by atoms with Crippen molar-refractivity contribution in [2.75, 3.05) is 11.9 Å². The summed E-state index contributed by atoms with van der Waals surface area (Å²) in [6.07, 6.45) is 1.07. The summed E-state index contributed by atoms with van der Waals surface area (Å²) in [5.41, 5.74) is 8.43. The molecule has 0 unspecified atom stereocenters. The number of benzene rings is 1. The van der Waals surface area contributed by atoms with E-state index in [0.717, 1.165) is 18.7 Å². The van der Waals surface area contributed by atoms with Crippen LogP contribution in [0.5, 0.6) is 0 Å². The molecule has 0 saturated heterocycles. The maximum Gasteiger partial charge on any atom is 0.0340 e. The molecule has 0 aliphatic heterocycles. The Morgan fingerprint density at radius 3 is 2.33 bits per heavy atom. The Hall–Kier alpha value is -1.02. The second kappa shape index (κ2) is 5.76. The minimum Gasteiger partial charge on any atom is -0.383 e. The smallest absolute Gasteiger partial charge is 0.0340 e. The largest absolute Gasteiger partial charge is 0.383 e. The van der Waals surface area contributed by atoms with Crippen LogP contribution in [0, 0.1) is 12.8 Å². The number of aryl methyl sites for hydroxylation is 1. The van der Waals surface area contributed by atoms with Gasteiger partial charge in [0, 0.05) is 18.3 Å². The summed E-state index contributed by atoms with van der Waals surface area (Å²) in [5, 5.41) is 3.35. The van der Waals surface area contributed by atoms with Crippen molar-refractivity contribution in [3.8, 4) is 0 Å². The molecule has 1 aromatic carbocycles. The molecule has 0 aromatic heterocycles. The molecule has 0 aliphatic rings. The monoisotopic (exact) mass is 206 g/mol. The zero-order chi connectivity index (χ0) is 11.3. The van der Waals surface area contributed by atoms with Crippen molar-refractivity contribution in [3.05, 3.63) is 29.8 Å². The number of nitrogens with two attached hydrogens (primary N) is 1. The second-order valence-electron chi connectivity index (χ2n) is 4.64. The van der Waals surface area contributed by atoms with Crippen LogP contribution < -0.4 is 11.1 Å². The first-order valence-electron chi connectivity index (χ1n) is 5.64. The van der Waals surface area contributed by atoms with Gasteiger partial charge in [-0.15, -0.1) is 0 Å². The molecule has 84 valence electrons. The zero-order valence-corrected chi connectivity index (χ0v) is 9.96. The SMILES string of the molecule is Cc1ccc(NC[C@@H](N)CC(C)C)cc1. The van der Waals surface area contributed by atoms with E-state index < -0.39 is 0 Å². The summed E-state index contributed by atoms with van der Waals surface area (Å²) in [4.78, 5) is 0. The lowest BCUT2D eigenvalue weighted by molar-refractivity contribution is 0.508. The Labute approximate surface area is 92.9 Å². The molecule has 2 heteroatoms. The quantitative estimate of drug-likeness (QED) is 0.777. The molecule has 0 saturated carbocycles. The van der Waals surface area contributed by atoms with Crippen molar-refractivity contribution >= 4 is 5.69 Å². The van der Waals surface area contributed by atoms with Crippen molar-refractivity contribution in [2.45, 2.75) is 33.2 Å². The maximum atomic E-state index is 5.99. The fourth-order valence-electron chi connectivity index (χ4n) is 1.61. The lowest BCUT2D eigenvalue weighted by Gasteiger charge is -2.15. The van der Waals surface area contributed by atoms with Gasteiger partial charge in [0.1, 0.15) is 0 Å². The predicted molar refractivity (Wildman–Crippen MR) is 67.1 cm³/mol. The highest BCUT2D eigenvalue weighted by atomic mass is 14.9. The molecule has 15 heavy (non-hydrogen) atoms. The molecule has 0 aliphatic carbocycles. The molecule has 1 rings (SSSR count). The van der Waals surface area contributed by atoms with Crippen LogP contribution in [0.25, 0.3) is 0 Å². The zero-order valence-electron chi connectivity index (χ0n) is 9.96. The normalized spacial score (nSPS) is 12.9. The molecule has 0 fully saturated rings. The third-order valence-electron chi connectivity index (χ3n) is 2.39. The molecular formula is C13H22N2. The van der Waals surface area contributed by atoms with E-state index >= 15 is 0 Å². The second-order valence-corrected chi connectivity index (χ2v) is 4.64. The molecule has 2 nitrogen and oxygen atoms in total. The van der Waals surface area contributed by atoms with Crippen molar-refractivity contribution < 1.29 is 0 Å². The van der Waals surface area contributed by atoms with Crippen LogP contribution in [0.3, 0.4) is 0 Å². The summed E-state index contributed by atoms with van der Waals surface area (Å²) in [6.45, 7) is 7.34. The number of hydrogen-bond donors (Lipinski definition) is 2. The van der Waals surface area contributed by atoms with E-state index in [2.05, 4.69) is 50.4 Å². The third kappa shape index (κ3) is 4.84. The van der Waals surface area contributed by atoms with Crippen LogP contribution in [0.2, 0.25) is 0 Å². The highest BCUT2D eigenvalue weighted by Crippen LogP contribution is 2.09. The summed E-state index contributed by atoms with van der Waals surface area (Å²) in [7, 11) is 0. The maximum absolute atomic E-state index is 5.99. The van der Waals surface area contributed by atoms with Gasteiger partial charge in [-0.05, 0) is 31.4 Å². The fourth-order valence-corrected chi connectivity index (χ4v) is 1.61. The summed E-state index contributed by atoms with van der Waals surface area (Å²) in [6, 6.07) is 8.65. The van der Waals surface area contributed by atoms with E-state index in [1.807, 2.05) is 0 Å². The van der Waals surface area contributed by atoms with Gasteiger partial charge in [0.15, 0.2) is 0 Å². The minimum absolute atomic E-state index is 0.242. The highest BCUT2D eigenvalue weighted by Gasteiger charge is 2.04. The van der Waals surface area contributed by atoms with Crippen LogP contribution >= 0.6 is 0 Å². The van der Waals surface area contributed by atoms with E-state index in [4.69, 9.17) is 5.73 Å². The lowest BCUT2D eigenvalue weighted by Crippen LogP contribution is -2.30. The molecule has 0 spiro atoms. The van der Waals surface area contributed by atoms with Gasteiger partial charge < -0.3 is 11.1 Å². The first-order chi connectivity index (χ1) is 7.08. The van der Waals surface area contributed by atoms with E-state index in [9.17, 15) is 0 Å².